The highest BCUT2D eigenvalue weighted by molar-refractivity contribution is 5.85. The lowest BCUT2D eigenvalue weighted by Gasteiger charge is -2.08. The van der Waals surface area contributed by atoms with Gasteiger partial charge in [-0.2, -0.15) is 5.10 Å². The van der Waals surface area contributed by atoms with Gasteiger partial charge in [0.05, 0.1) is 13.3 Å². The highest BCUT2D eigenvalue weighted by atomic mass is 16.5. The summed E-state index contributed by atoms with van der Waals surface area (Å²) in [4.78, 5) is 0. The van der Waals surface area contributed by atoms with E-state index < -0.39 is 0 Å². The third kappa shape index (κ3) is 1.96. The van der Waals surface area contributed by atoms with Gasteiger partial charge in [-0.15, -0.1) is 0 Å². The van der Waals surface area contributed by atoms with Gasteiger partial charge in [0, 0.05) is 5.56 Å². The Morgan fingerprint density at radius 1 is 1.57 bits per heavy atom. The maximum Gasteiger partial charge on any atom is 0.166 e. The molecule has 0 heterocycles. The van der Waals surface area contributed by atoms with Gasteiger partial charge in [-0.25, -0.2) is 0 Å². The Balaban J connectivity index is 3.26. The minimum atomic E-state index is 0.0684. The Morgan fingerprint density at radius 3 is 2.79 bits per heavy atom. The van der Waals surface area contributed by atoms with Crippen LogP contribution in [-0.4, -0.2) is 18.4 Å². The van der Waals surface area contributed by atoms with Crippen LogP contribution in [0.4, 0.5) is 0 Å². The fourth-order valence-electron chi connectivity index (χ4n) is 1.23. The molecule has 0 saturated heterocycles. The van der Waals surface area contributed by atoms with Gasteiger partial charge >= 0.3 is 0 Å². The SMILES string of the molecule is CCc1cc(C=NN)c(O)c(OC)c1. The standard InChI is InChI=1S/C10H14N2O2/c1-3-7-4-8(6-12-11)10(13)9(5-7)14-2/h4-6,13H,3,11H2,1-2H3. The van der Waals surface area contributed by atoms with Crippen molar-refractivity contribution >= 4 is 6.21 Å². The van der Waals surface area contributed by atoms with Crippen LogP contribution in [0.2, 0.25) is 0 Å². The summed E-state index contributed by atoms with van der Waals surface area (Å²) in [5.74, 6) is 5.54. The van der Waals surface area contributed by atoms with Crippen molar-refractivity contribution in [2.24, 2.45) is 10.9 Å². The van der Waals surface area contributed by atoms with E-state index in [4.69, 9.17) is 10.6 Å². The first kappa shape index (κ1) is 10.4. The van der Waals surface area contributed by atoms with Crippen LogP contribution in [0.3, 0.4) is 0 Å². The van der Waals surface area contributed by atoms with Crippen molar-refractivity contribution in [3.05, 3.63) is 23.3 Å². The number of hydrazone groups is 1. The smallest absolute Gasteiger partial charge is 0.166 e. The first-order chi connectivity index (χ1) is 6.72. The molecule has 0 aromatic heterocycles. The van der Waals surface area contributed by atoms with E-state index in [1.165, 1.54) is 13.3 Å². The number of rotatable bonds is 3. The van der Waals surface area contributed by atoms with Crippen LogP contribution in [0, 0.1) is 0 Å². The lowest BCUT2D eigenvalue weighted by molar-refractivity contribution is 0.372. The van der Waals surface area contributed by atoms with Crippen molar-refractivity contribution in [3.8, 4) is 11.5 Å². The highest BCUT2D eigenvalue weighted by Gasteiger charge is 2.07. The first-order valence-electron chi connectivity index (χ1n) is 4.36. The van der Waals surface area contributed by atoms with Gasteiger partial charge in [0.2, 0.25) is 0 Å². The summed E-state index contributed by atoms with van der Waals surface area (Å²) in [6.07, 6.45) is 2.26. The van der Waals surface area contributed by atoms with Crippen LogP contribution in [0.1, 0.15) is 18.1 Å². The van der Waals surface area contributed by atoms with E-state index in [2.05, 4.69) is 5.10 Å². The molecule has 0 aliphatic carbocycles. The maximum absolute atomic E-state index is 9.67. The second-order valence-electron chi connectivity index (χ2n) is 2.87. The van der Waals surface area contributed by atoms with Crippen LogP contribution in [0.25, 0.3) is 0 Å². The Kier molecular flexibility index (Phi) is 3.34. The zero-order chi connectivity index (χ0) is 10.6. The number of phenols is 1. The number of methoxy groups -OCH3 is 1. The molecule has 0 atom stereocenters. The monoisotopic (exact) mass is 194 g/mol. The van der Waals surface area contributed by atoms with E-state index in [0.29, 0.717) is 11.3 Å². The number of aryl methyl sites for hydroxylation is 1. The van der Waals surface area contributed by atoms with Gasteiger partial charge in [0.15, 0.2) is 11.5 Å². The van der Waals surface area contributed by atoms with Crippen LogP contribution in [0.5, 0.6) is 11.5 Å². The zero-order valence-electron chi connectivity index (χ0n) is 8.32. The second kappa shape index (κ2) is 4.50. The van der Waals surface area contributed by atoms with Crippen molar-refractivity contribution in [3.63, 3.8) is 0 Å². The third-order valence-corrected chi connectivity index (χ3v) is 2.01. The zero-order valence-corrected chi connectivity index (χ0v) is 8.32. The molecule has 1 aromatic rings. The molecule has 3 N–H and O–H groups in total. The highest BCUT2D eigenvalue weighted by Crippen LogP contribution is 2.30. The number of nitrogens with zero attached hydrogens (tertiary/aromatic N) is 1. The molecule has 0 aliphatic rings. The van der Waals surface area contributed by atoms with Gasteiger partial charge < -0.3 is 15.7 Å². The van der Waals surface area contributed by atoms with Gasteiger partial charge in [0.1, 0.15) is 0 Å². The van der Waals surface area contributed by atoms with Crippen LogP contribution in [-0.2, 0) is 6.42 Å². The second-order valence-corrected chi connectivity index (χ2v) is 2.87. The largest absolute Gasteiger partial charge is 0.504 e. The normalized spacial score (nSPS) is 10.7. The minimum Gasteiger partial charge on any atom is -0.504 e. The quantitative estimate of drug-likeness (QED) is 0.432. The number of aromatic hydroxyl groups is 1. The maximum atomic E-state index is 9.67. The van der Waals surface area contributed by atoms with Gasteiger partial charge in [-0.1, -0.05) is 6.92 Å². The fraction of sp³-hybridized carbons (Fsp3) is 0.300. The van der Waals surface area contributed by atoms with E-state index in [0.717, 1.165) is 12.0 Å². The molecule has 0 bridgehead atoms. The number of nitrogens with two attached hydrogens (primary N) is 1. The van der Waals surface area contributed by atoms with Crippen molar-refractivity contribution in [2.45, 2.75) is 13.3 Å². The predicted molar refractivity (Wildman–Crippen MR) is 55.8 cm³/mol. The van der Waals surface area contributed by atoms with E-state index >= 15 is 0 Å². The summed E-state index contributed by atoms with van der Waals surface area (Å²) >= 11 is 0. The summed E-state index contributed by atoms with van der Waals surface area (Å²) in [5, 5.41) is 13.0. The van der Waals surface area contributed by atoms with E-state index in [9.17, 15) is 5.11 Å². The Labute approximate surface area is 83.0 Å². The molecular formula is C10H14N2O2. The molecule has 14 heavy (non-hydrogen) atoms. The van der Waals surface area contributed by atoms with Gasteiger partial charge in [0.25, 0.3) is 0 Å². The van der Waals surface area contributed by atoms with Gasteiger partial charge in [-0.05, 0) is 24.1 Å². The van der Waals surface area contributed by atoms with Crippen LogP contribution in [0.15, 0.2) is 17.2 Å². The summed E-state index contributed by atoms with van der Waals surface area (Å²) < 4.78 is 5.02. The summed E-state index contributed by atoms with van der Waals surface area (Å²) in [6.45, 7) is 2.02. The number of phenolic OH excluding ortho intramolecular Hbond substituents is 1. The molecule has 0 unspecified atom stereocenters. The molecule has 0 radical (unpaired) electrons. The third-order valence-electron chi connectivity index (χ3n) is 2.01. The molecule has 0 amide bonds. The number of benzene rings is 1. The Hall–Kier alpha value is -1.71. The van der Waals surface area contributed by atoms with Gasteiger partial charge in [-0.3, -0.25) is 0 Å². The van der Waals surface area contributed by atoms with Crippen molar-refractivity contribution in [1.82, 2.24) is 0 Å². The number of hydrogen-bond donors (Lipinski definition) is 2. The molecule has 4 heteroatoms. The van der Waals surface area contributed by atoms with E-state index in [1.807, 2.05) is 13.0 Å². The molecule has 0 spiro atoms. The Morgan fingerprint density at radius 2 is 2.29 bits per heavy atom. The van der Waals surface area contributed by atoms with Crippen molar-refractivity contribution in [1.29, 1.82) is 0 Å². The first-order valence-corrected chi connectivity index (χ1v) is 4.36. The minimum absolute atomic E-state index is 0.0684. The molecule has 76 valence electrons. The van der Waals surface area contributed by atoms with Crippen molar-refractivity contribution < 1.29 is 9.84 Å². The topological polar surface area (TPSA) is 67.8 Å². The average Bonchev–Trinajstić information content (AvgIpc) is 2.21. The van der Waals surface area contributed by atoms with Crippen LogP contribution >= 0.6 is 0 Å². The van der Waals surface area contributed by atoms with E-state index in [1.54, 1.807) is 6.07 Å². The predicted octanol–water partition coefficient (Wildman–Crippen LogP) is 1.26. The summed E-state index contributed by atoms with van der Waals surface area (Å²) in [7, 11) is 1.51. The molecule has 4 nitrogen and oxygen atoms in total. The molecule has 0 saturated carbocycles. The number of hydrogen-bond acceptors (Lipinski definition) is 4. The van der Waals surface area contributed by atoms with Crippen LogP contribution < -0.4 is 10.6 Å². The number of ether oxygens (including phenoxy) is 1. The van der Waals surface area contributed by atoms with E-state index in [-0.39, 0.29) is 5.75 Å². The van der Waals surface area contributed by atoms with Crippen molar-refractivity contribution in [2.75, 3.05) is 7.11 Å². The lowest BCUT2D eigenvalue weighted by atomic mass is 10.1. The molecule has 1 rings (SSSR count). The molecule has 1 aromatic carbocycles. The molecule has 0 fully saturated rings. The average molecular weight is 194 g/mol. The molecule has 0 aliphatic heterocycles. The molecular weight excluding hydrogens is 180 g/mol. The summed E-state index contributed by atoms with van der Waals surface area (Å²) in [6, 6.07) is 3.62. The lowest BCUT2D eigenvalue weighted by Crippen LogP contribution is -1.94. The summed E-state index contributed by atoms with van der Waals surface area (Å²) in [5.41, 5.74) is 1.64. The Bertz CT molecular complexity index is 348. The fourth-order valence-corrected chi connectivity index (χ4v) is 1.23.